The quantitative estimate of drug-likeness (QED) is 0.677. The van der Waals surface area contributed by atoms with Crippen molar-refractivity contribution in [1.82, 2.24) is 4.90 Å². The molecule has 0 saturated carbocycles. The summed E-state index contributed by atoms with van der Waals surface area (Å²) in [5, 5.41) is 0. The lowest BCUT2D eigenvalue weighted by atomic mass is 9.86. The molecule has 118 valence electrons. The van der Waals surface area contributed by atoms with Gasteiger partial charge in [-0.15, -0.1) is 0 Å². The van der Waals surface area contributed by atoms with Gasteiger partial charge in [0.05, 0.1) is 0 Å². The molecule has 0 amide bonds. The number of hydrogen-bond acceptors (Lipinski definition) is 2. The van der Waals surface area contributed by atoms with Gasteiger partial charge in [0.2, 0.25) is 0 Å². The lowest BCUT2D eigenvalue weighted by molar-refractivity contribution is -0.123. The standard InChI is InChI=1S/C20H27NO/c1-6-10-12-16(8-3)19-14-18(22)15-20(21(19)5)17(9-4)13-11-7-2/h6-13,19-20H,1,4,14-15H2,2-3,5H3/b11-7-,12-10-,16-8+,17-13+. The lowest BCUT2D eigenvalue weighted by Crippen LogP contribution is -2.48. The normalized spacial score (nSPS) is 25.1. The van der Waals surface area contributed by atoms with E-state index in [4.69, 9.17) is 0 Å². The second-order valence-corrected chi connectivity index (χ2v) is 5.42. The van der Waals surface area contributed by atoms with Gasteiger partial charge in [-0.05, 0) is 32.0 Å². The predicted octanol–water partition coefficient (Wildman–Crippen LogP) is 4.40. The molecule has 2 unspecified atom stereocenters. The van der Waals surface area contributed by atoms with Gasteiger partial charge in [0.15, 0.2) is 0 Å². The Morgan fingerprint density at radius 3 is 2.27 bits per heavy atom. The molecule has 22 heavy (non-hydrogen) atoms. The Hall–Kier alpha value is -1.93. The second kappa shape index (κ2) is 9.16. The maximum Gasteiger partial charge on any atom is 0.136 e. The van der Waals surface area contributed by atoms with E-state index in [1.54, 1.807) is 6.08 Å². The van der Waals surface area contributed by atoms with Gasteiger partial charge < -0.3 is 0 Å². The molecule has 0 aromatic heterocycles. The molecular formula is C20H27NO. The number of rotatable bonds is 6. The number of ketones is 1. The minimum atomic E-state index is 0.0760. The first-order valence-electron chi connectivity index (χ1n) is 7.73. The maximum absolute atomic E-state index is 12.2. The highest BCUT2D eigenvalue weighted by Crippen LogP contribution is 2.29. The third kappa shape index (κ3) is 4.54. The summed E-state index contributed by atoms with van der Waals surface area (Å²) < 4.78 is 0. The maximum atomic E-state index is 12.2. The molecule has 1 rings (SSSR count). The summed E-state index contributed by atoms with van der Waals surface area (Å²) in [6.45, 7) is 11.6. The first-order chi connectivity index (χ1) is 10.6. The number of likely N-dealkylation sites (tertiary alicyclic amines) is 1. The first kappa shape index (κ1) is 18.1. The van der Waals surface area contributed by atoms with Crippen molar-refractivity contribution in [2.45, 2.75) is 38.8 Å². The van der Waals surface area contributed by atoms with Crippen LogP contribution in [0.4, 0.5) is 0 Å². The molecule has 1 aliphatic heterocycles. The summed E-state index contributed by atoms with van der Waals surface area (Å²) in [5.41, 5.74) is 2.23. The number of carbonyl (C=O) groups excluding carboxylic acids is 1. The number of carbonyl (C=O) groups is 1. The van der Waals surface area contributed by atoms with Gasteiger partial charge in [-0.1, -0.05) is 61.8 Å². The van der Waals surface area contributed by atoms with E-state index < -0.39 is 0 Å². The van der Waals surface area contributed by atoms with Crippen LogP contribution in [0.25, 0.3) is 0 Å². The average molecular weight is 297 g/mol. The summed E-state index contributed by atoms with van der Waals surface area (Å²) in [6.07, 6.45) is 16.8. The van der Waals surface area contributed by atoms with Gasteiger partial charge >= 0.3 is 0 Å². The average Bonchev–Trinajstić information content (AvgIpc) is 2.52. The summed E-state index contributed by atoms with van der Waals surface area (Å²) >= 11 is 0. The topological polar surface area (TPSA) is 20.3 Å². The number of nitrogens with zero attached hydrogens (tertiary/aromatic N) is 1. The fourth-order valence-electron chi connectivity index (χ4n) is 2.83. The van der Waals surface area contributed by atoms with Crippen molar-refractivity contribution in [3.8, 4) is 0 Å². The summed E-state index contributed by atoms with van der Waals surface area (Å²) in [7, 11) is 2.08. The van der Waals surface area contributed by atoms with Crippen molar-refractivity contribution in [1.29, 1.82) is 0 Å². The second-order valence-electron chi connectivity index (χ2n) is 5.42. The summed E-state index contributed by atoms with van der Waals surface area (Å²) in [5.74, 6) is 0.299. The van der Waals surface area contributed by atoms with Crippen LogP contribution in [0.2, 0.25) is 0 Å². The molecule has 0 aromatic carbocycles. The van der Waals surface area contributed by atoms with E-state index in [1.807, 2.05) is 50.3 Å². The molecule has 1 aliphatic rings. The molecule has 0 N–H and O–H groups in total. The highest BCUT2D eigenvalue weighted by atomic mass is 16.1. The van der Waals surface area contributed by atoms with E-state index in [2.05, 4.69) is 31.2 Å². The van der Waals surface area contributed by atoms with Crippen LogP contribution in [0.1, 0.15) is 26.7 Å². The number of hydrogen-bond donors (Lipinski definition) is 0. The minimum absolute atomic E-state index is 0.0760. The molecule has 2 atom stereocenters. The number of likely N-dealkylation sites (N-methyl/N-ethyl adjacent to an activating group) is 1. The van der Waals surface area contributed by atoms with Crippen LogP contribution < -0.4 is 0 Å². The minimum Gasteiger partial charge on any atom is -0.300 e. The molecule has 2 nitrogen and oxygen atoms in total. The molecule has 0 bridgehead atoms. The summed E-state index contributed by atoms with van der Waals surface area (Å²) in [4.78, 5) is 14.5. The largest absolute Gasteiger partial charge is 0.300 e. The third-order valence-corrected chi connectivity index (χ3v) is 4.07. The predicted molar refractivity (Wildman–Crippen MR) is 95.8 cm³/mol. The van der Waals surface area contributed by atoms with E-state index >= 15 is 0 Å². The smallest absolute Gasteiger partial charge is 0.136 e. The Bertz CT molecular complexity index is 534. The first-order valence-corrected chi connectivity index (χ1v) is 7.73. The van der Waals surface area contributed by atoms with Gasteiger partial charge in [-0.3, -0.25) is 9.69 Å². The molecule has 0 radical (unpaired) electrons. The van der Waals surface area contributed by atoms with Crippen LogP contribution in [0.15, 0.2) is 72.9 Å². The zero-order chi connectivity index (χ0) is 16.5. The van der Waals surface area contributed by atoms with Crippen LogP contribution in [-0.4, -0.2) is 29.8 Å². The van der Waals surface area contributed by atoms with Crippen molar-refractivity contribution in [3.05, 3.63) is 72.9 Å². The van der Waals surface area contributed by atoms with Crippen LogP contribution >= 0.6 is 0 Å². The van der Waals surface area contributed by atoms with Crippen molar-refractivity contribution in [2.75, 3.05) is 7.05 Å². The number of piperidine rings is 1. The van der Waals surface area contributed by atoms with E-state index in [9.17, 15) is 4.79 Å². The molecule has 0 aromatic rings. The van der Waals surface area contributed by atoms with Crippen molar-refractivity contribution >= 4 is 5.78 Å². The molecule has 1 heterocycles. The van der Waals surface area contributed by atoms with Crippen LogP contribution in [0.5, 0.6) is 0 Å². The zero-order valence-electron chi connectivity index (χ0n) is 14.0. The van der Waals surface area contributed by atoms with Gasteiger partial charge in [0.1, 0.15) is 5.78 Å². The SMILES string of the molecule is C=C/C=C\C(=C/C)C1CC(=O)CC(/C(C=C)=C/C=C\C)N1C. The molecule has 1 fully saturated rings. The molecule has 1 saturated heterocycles. The monoisotopic (exact) mass is 297 g/mol. The molecular weight excluding hydrogens is 270 g/mol. The van der Waals surface area contributed by atoms with Gasteiger partial charge in [0.25, 0.3) is 0 Å². The lowest BCUT2D eigenvalue weighted by Gasteiger charge is -2.40. The molecule has 0 aliphatic carbocycles. The Morgan fingerprint density at radius 1 is 1.14 bits per heavy atom. The van der Waals surface area contributed by atoms with Gasteiger partial charge in [-0.25, -0.2) is 0 Å². The molecule has 0 spiro atoms. The zero-order valence-corrected chi connectivity index (χ0v) is 14.0. The van der Waals surface area contributed by atoms with E-state index in [0.717, 1.165) is 11.1 Å². The fraction of sp³-hybridized carbons (Fsp3) is 0.350. The highest BCUT2D eigenvalue weighted by molar-refractivity contribution is 5.82. The van der Waals surface area contributed by atoms with E-state index in [1.165, 1.54) is 0 Å². The van der Waals surface area contributed by atoms with Gasteiger partial charge in [0, 0.05) is 24.9 Å². The Kier molecular flexibility index (Phi) is 7.55. The van der Waals surface area contributed by atoms with Crippen molar-refractivity contribution in [3.63, 3.8) is 0 Å². The third-order valence-electron chi connectivity index (χ3n) is 4.07. The highest BCUT2D eigenvalue weighted by Gasteiger charge is 2.34. The Labute approximate surface area is 134 Å². The van der Waals surface area contributed by atoms with Crippen LogP contribution in [0, 0.1) is 0 Å². The van der Waals surface area contributed by atoms with Crippen LogP contribution in [-0.2, 0) is 4.79 Å². The number of Topliss-reactive ketones (excluding diaryl/α,β-unsaturated/α-hetero) is 1. The molecule has 2 heteroatoms. The number of allylic oxidation sites excluding steroid dienone is 6. The fourth-order valence-corrected chi connectivity index (χ4v) is 2.83. The van der Waals surface area contributed by atoms with E-state index in [-0.39, 0.29) is 12.1 Å². The van der Waals surface area contributed by atoms with Crippen molar-refractivity contribution in [2.24, 2.45) is 0 Å². The van der Waals surface area contributed by atoms with Crippen LogP contribution in [0.3, 0.4) is 0 Å². The summed E-state index contributed by atoms with van der Waals surface area (Å²) in [6, 6.07) is 0.174. The Morgan fingerprint density at radius 2 is 1.77 bits per heavy atom. The van der Waals surface area contributed by atoms with Gasteiger partial charge in [-0.2, -0.15) is 0 Å². The van der Waals surface area contributed by atoms with Crippen molar-refractivity contribution < 1.29 is 4.79 Å². The Balaban J connectivity index is 3.13. The van der Waals surface area contributed by atoms with E-state index in [0.29, 0.717) is 18.6 Å².